The van der Waals surface area contributed by atoms with E-state index in [9.17, 15) is 4.39 Å². The highest BCUT2D eigenvalue weighted by Crippen LogP contribution is 2.38. The van der Waals surface area contributed by atoms with Gasteiger partial charge in [-0.15, -0.1) is 0 Å². The molecule has 4 heteroatoms. The molecule has 110 valence electrons. The molecule has 0 radical (unpaired) electrons. The van der Waals surface area contributed by atoms with Crippen LogP contribution in [-0.2, 0) is 6.42 Å². The van der Waals surface area contributed by atoms with E-state index in [1.165, 1.54) is 6.07 Å². The normalized spacial score (nSPS) is 16.4. The predicted octanol–water partition coefficient (Wildman–Crippen LogP) is 3.02. The Balaban J connectivity index is 2.00. The van der Waals surface area contributed by atoms with Crippen LogP contribution in [0.2, 0.25) is 0 Å². The Hall–Kier alpha value is -2.07. The van der Waals surface area contributed by atoms with Crippen molar-refractivity contribution in [1.29, 1.82) is 0 Å². The Morgan fingerprint density at radius 3 is 2.90 bits per heavy atom. The molecule has 21 heavy (non-hydrogen) atoms. The molecule has 2 aromatic rings. The van der Waals surface area contributed by atoms with Crippen LogP contribution >= 0.6 is 0 Å². The number of benzene rings is 2. The third kappa shape index (κ3) is 2.59. The molecule has 0 saturated carbocycles. The average molecular weight is 287 g/mol. The van der Waals surface area contributed by atoms with Crippen LogP contribution in [0, 0.1) is 5.82 Å². The van der Waals surface area contributed by atoms with Crippen molar-refractivity contribution in [1.82, 2.24) is 5.32 Å². The van der Waals surface area contributed by atoms with E-state index in [1.807, 2.05) is 37.4 Å². The quantitative estimate of drug-likeness (QED) is 0.937. The van der Waals surface area contributed by atoms with Crippen molar-refractivity contribution in [3.63, 3.8) is 0 Å². The molecule has 1 aliphatic heterocycles. The Kier molecular flexibility index (Phi) is 3.80. The molecular formula is C17H18FNO2. The molecule has 1 heterocycles. The van der Waals surface area contributed by atoms with Gasteiger partial charge >= 0.3 is 0 Å². The first-order chi connectivity index (χ1) is 10.2. The third-order valence-corrected chi connectivity index (χ3v) is 3.70. The molecule has 1 unspecified atom stereocenters. The van der Waals surface area contributed by atoms with E-state index in [4.69, 9.17) is 9.47 Å². The van der Waals surface area contributed by atoms with Gasteiger partial charge < -0.3 is 14.8 Å². The number of nitrogens with one attached hydrogen (secondary N) is 1. The van der Waals surface area contributed by atoms with Crippen LogP contribution in [0.3, 0.4) is 0 Å². The Morgan fingerprint density at radius 2 is 2.14 bits per heavy atom. The zero-order valence-electron chi connectivity index (χ0n) is 12.2. The second kappa shape index (κ2) is 5.74. The van der Waals surface area contributed by atoms with Gasteiger partial charge in [-0.1, -0.05) is 18.2 Å². The second-order valence-corrected chi connectivity index (χ2v) is 5.15. The number of likely N-dealkylation sites (N-methyl/N-ethyl adjacent to an activating group) is 1. The lowest BCUT2D eigenvalue weighted by Crippen LogP contribution is -2.27. The van der Waals surface area contributed by atoms with Crippen molar-refractivity contribution in [2.24, 2.45) is 0 Å². The monoisotopic (exact) mass is 287 g/mol. The Bertz CT molecular complexity index is 657. The Morgan fingerprint density at radius 1 is 1.33 bits per heavy atom. The summed E-state index contributed by atoms with van der Waals surface area (Å²) in [7, 11) is 3.48. The number of ether oxygens (including phenoxy) is 2. The molecule has 1 aliphatic rings. The maximum absolute atomic E-state index is 14.3. The summed E-state index contributed by atoms with van der Waals surface area (Å²) in [6.45, 7) is 0.706. The number of hydrogen-bond acceptors (Lipinski definition) is 3. The molecule has 0 fully saturated rings. The summed E-state index contributed by atoms with van der Waals surface area (Å²) in [4.78, 5) is 0. The van der Waals surface area contributed by atoms with Crippen LogP contribution in [0.25, 0.3) is 11.1 Å². The van der Waals surface area contributed by atoms with Gasteiger partial charge in [0.2, 0.25) is 0 Å². The first kappa shape index (κ1) is 13.9. The molecule has 1 N–H and O–H groups in total. The van der Waals surface area contributed by atoms with Gasteiger partial charge in [-0.3, -0.25) is 0 Å². The number of halogens is 1. The van der Waals surface area contributed by atoms with Crippen molar-refractivity contribution < 1.29 is 13.9 Å². The van der Waals surface area contributed by atoms with Crippen LogP contribution < -0.4 is 14.8 Å². The summed E-state index contributed by atoms with van der Waals surface area (Å²) < 4.78 is 25.3. The van der Waals surface area contributed by atoms with Crippen molar-refractivity contribution in [2.75, 3.05) is 20.7 Å². The highest BCUT2D eigenvalue weighted by Gasteiger charge is 2.26. The van der Waals surface area contributed by atoms with E-state index in [0.717, 1.165) is 28.9 Å². The lowest BCUT2D eigenvalue weighted by Gasteiger charge is -2.10. The smallest absolute Gasteiger partial charge is 0.165 e. The van der Waals surface area contributed by atoms with E-state index in [2.05, 4.69) is 5.32 Å². The fourth-order valence-corrected chi connectivity index (χ4v) is 2.77. The Labute approximate surface area is 123 Å². The lowest BCUT2D eigenvalue weighted by atomic mass is 10.00. The maximum atomic E-state index is 14.3. The van der Waals surface area contributed by atoms with E-state index in [0.29, 0.717) is 12.3 Å². The van der Waals surface area contributed by atoms with Gasteiger partial charge in [0.25, 0.3) is 0 Å². The van der Waals surface area contributed by atoms with Crippen LogP contribution in [-0.4, -0.2) is 26.8 Å². The maximum Gasteiger partial charge on any atom is 0.165 e. The molecule has 1 atom stereocenters. The van der Waals surface area contributed by atoms with Crippen molar-refractivity contribution >= 4 is 0 Å². The average Bonchev–Trinajstić information content (AvgIpc) is 2.91. The minimum Gasteiger partial charge on any atom is -0.496 e. The first-order valence-corrected chi connectivity index (χ1v) is 7.00. The minimum atomic E-state index is -0.313. The van der Waals surface area contributed by atoms with Gasteiger partial charge in [0.05, 0.1) is 7.11 Å². The van der Waals surface area contributed by atoms with Crippen LogP contribution in [0.1, 0.15) is 5.56 Å². The third-order valence-electron chi connectivity index (χ3n) is 3.70. The number of methoxy groups -OCH3 is 1. The fraction of sp³-hybridized carbons (Fsp3) is 0.294. The molecule has 0 bridgehead atoms. The van der Waals surface area contributed by atoms with Crippen molar-refractivity contribution in [2.45, 2.75) is 12.5 Å². The number of hydrogen-bond donors (Lipinski definition) is 1. The molecule has 3 rings (SSSR count). The number of para-hydroxylation sites is 1. The molecule has 0 spiro atoms. The van der Waals surface area contributed by atoms with E-state index in [-0.39, 0.29) is 11.9 Å². The molecule has 0 aromatic heterocycles. The largest absolute Gasteiger partial charge is 0.496 e. The van der Waals surface area contributed by atoms with Gasteiger partial charge in [-0.2, -0.15) is 0 Å². The predicted molar refractivity (Wildman–Crippen MR) is 80.4 cm³/mol. The van der Waals surface area contributed by atoms with Crippen LogP contribution in [0.5, 0.6) is 11.5 Å². The first-order valence-electron chi connectivity index (χ1n) is 7.00. The molecular weight excluding hydrogens is 269 g/mol. The van der Waals surface area contributed by atoms with E-state index in [1.54, 1.807) is 7.11 Å². The summed E-state index contributed by atoms with van der Waals surface area (Å²) in [5, 5.41) is 3.06. The van der Waals surface area contributed by atoms with Crippen molar-refractivity contribution in [3.8, 4) is 22.6 Å². The SMILES string of the molecule is CNCC1Cc2cc(-c3ccccc3OC)cc(F)c2O1. The summed E-state index contributed by atoms with van der Waals surface area (Å²) >= 11 is 0. The fourth-order valence-electron chi connectivity index (χ4n) is 2.77. The standard InChI is InChI=1S/C17H18FNO2/c1-19-10-13-8-12-7-11(9-15(18)17(12)21-13)14-5-3-4-6-16(14)20-2/h3-7,9,13,19H,8,10H2,1-2H3. The molecule has 3 nitrogen and oxygen atoms in total. The van der Waals surface area contributed by atoms with E-state index < -0.39 is 0 Å². The van der Waals surface area contributed by atoms with Gasteiger partial charge in [0.15, 0.2) is 11.6 Å². The van der Waals surface area contributed by atoms with Gasteiger partial charge in [0, 0.05) is 24.1 Å². The summed E-state index contributed by atoms with van der Waals surface area (Å²) in [5.74, 6) is 0.809. The van der Waals surface area contributed by atoms with Gasteiger partial charge in [0.1, 0.15) is 11.9 Å². The van der Waals surface area contributed by atoms with Crippen LogP contribution in [0.4, 0.5) is 4.39 Å². The summed E-state index contributed by atoms with van der Waals surface area (Å²) in [6, 6.07) is 11.1. The van der Waals surface area contributed by atoms with Crippen molar-refractivity contribution in [3.05, 3.63) is 47.8 Å². The lowest BCUT2D eigenvalue weighted by molar-refractivity contribution is 0.223. The van der Waals surface area contributed by atoms with Gasteiger partial charge in [-0.05, 0) is 30.8 Å². The molecule has 0 aliphatic carbocycles. The zero-order valence-corrected chi connectivity index (χ0v) is 12.2. The minimum absolute atomic E-state index is 0.00702. The number of fused-ring (bicyclic) bond motifs is 1. The molecule has 0 amide bonds. The number of rotatable bonds is 4. The van der Waals surface area contributed by atoms with Gasteiger partial charge in [-0.25, -0.2) is 4.39 Å². The summed E-state index contributed by atoms with van der Waals surface area (Å²) in [6.07, 6.45) is 0.711. The zero-order chi connectivity index (χ0) is 14.8. The summed E-state index contributed by atoms with van der Waals surface area (Å²) in [5.41, 5.74) is 2.62. The highest BCUT2D eigenvalue weighted by molar-refractivity contribution is 5.72. The topological polar surface area (TPSA) is 30.5 Å². The highest BCUT2D eigenvalue weighted by atomic mass is 19.1. The molecule has 0 saturated heterocycles. The van der Waals surface area contributed by atoms with E-state index >= 15 is 0 Å². The molecule has 2 aromatic carbocycles. The van der Waals surface area contributed by atoms with Crippen LogP contribution in [0.15, 0.2) is 36.4 Å². The second-order valence-electron chi connectivity index (χ2n) is 5.15.